The molecule has 116 valence electrons. The molecule has 2 aliphatic rings. The number of aromatic hydroxyl groups is 1. The lowest BCUT2D eigenvalue weighted by Crippen LogP contribution is -2.49. The molecule has 3 rings (SSSR count). The molecule has 0 aliphatic heterocycles. The molecule has 1 aromatic carbocycles. The Hall–Kier alpha value is -0.0600. The molecular formula is C17H23Br2NO. The maximum absolute atomic E-state index is 9.81. The Labute approximate surface area is 144 Å². The molecule has 1 aromatic rings. The van der Waals surface area contributed by atoms with Crippen molar-refractivity contribution in [2.24, 2.45) is 16.7 Å². The van der Waals surface area contributed by atoms with E-state index in [4.69, 9.17) is 0 Å². The van der Waals surface area contributed by atoms with E-state index in [9.17, 15) is 5.11 Å². The number of hydrogen-bond acceptors (Lipinski definition) is 2. The second kappa shape index (κ2) is 5.24. The van der Waals surface area contributed by atoms with E-state index in [1.54, 1.807) is 0 Å². The highest BCUT2D eigenvalue weighted by molar-refractivity contribution is 9.11. The second-order valence-electron chi connectivity index (χ2n) is 7.64. The normalized spacial score (nSPS) is 33.6. The zero-order chi connectivity index (χ0) is 15.4. The summed E-state index contributed by atoms with van der Waals surface area (Å²) in [5.41, 5.74) is 2.01. The number of halogens is 2. The first-order chi connectivity index (χ1) is 9.74. The van der Waals surface area contributed by atoms with Crippen molar-refractivity contribution in [2.75, 3.05) is 0 Å². The van der Waals surface area contributed by atoms with Crippen LogP contribution in [0.4, 0.5) is 0 Å². The molecule has 3 atom stereocenters. The Balaban J connectivity index is 1.76. The van der Waals surface area contributed by atoms with Crippen molar-refractivity contribution in [1.82, 2.24) is 5.32 Å². The van der Waals surface area contributed by atoms with Crippen molar-refractivity contribution < 1.29 is 5.11 Å². The number of phenols is 1. The van der Waals surface area contributed by atoms with E-state index in [2.05, 4.69) is 57.9 Å². The number of nitrogens with one attached hydrogen (secondary N) is 1. The molecule has 2 bridgehead atoms. The first kappa shape index (κ1) is 15.8. The lowest BCUT2D eigenvalue weighted by atomic mass is 9.68. The molecule has 0 heterocycles. The summed E-state index contributed by atoms with van der Waals surface area (Å²) in [6, 6.07) is 4.56. The minimum absolute atomic E-state index is 0.269. The van der Waals surface area contributed by atoms with Crippen LogP contribution in [0.15, 0.2) is 21.1 Å². The summed E-state index contributed by atoms with van der Waals surface area (Å²) < 4.78 is 1.49. The highest BCUT2D eigenvalue weighted by atomic mass is 79.9. The van der Waals surface area contributed by atoms with Crippen molar-refractivity contribution in [2.45, 2.75) is 52.6 Å². The number of phenolic OH excluding ortho intramolecular Hbond substituents is 1. The average Bonchev–Trinajstić information content (AvgIpc) is 2.86. The van der Waals surface area contributed by atoms with Crippen LogP contribution in [0.5, 0.6) is 5.75 Å². The smallest absolute Gasteiger partial charge is 0.143 e. The van der Waals surface area contributed by atoms with Crippen molar-refractivity contribution in [3.63, 3.8) is 0 Å². The summed E-state index contributed by atoms with van der Waals surface area (Å²) in [7, 11) is 0. The molecule has 2 nitrogen and oxygen atoms in total. The molecule has 2 saturated carbocycles. The topological polar surface area (TPSA) is 32.3 Å². The molecule has 0 spiro atoms. The molecule has 4 heteroatoms. The summed E-state index contributed by atoms with van der Waals surface area (Å²) in [6.07, 6.45) is 4.10. The van der Waals surface area contributed by atoms with Crippen LogP contribution < -0.4 is 5.32 Å². The Morgan fingerprint density at radius 1 is 1.24 bits per heavy atom. The Morgan fingerprint density at radius 2 is 1.86 bits per heavy atom. The molecule has 0 radical (unpaired) electrons. The SMILES string of the molecule is CC12CCC(C1)C(C)(C)C2NCc1cc(Br)c(O)c(Br)c1. The van der Waals surface area contributed by atoms with Gasteiger partial charge in [0.2, 0.25) is 0 Å². The summed E-state index contributed by atoms with van der Waals surface area (Å²) in [4.78, 5) is 0. The van der Waals surface area contributed by atoms with Gasteiger partial charge >= 0.3 is 0 Å². The first-order valence-corrected chi connectivity index (χ1v) is 9.23. The molecule has 0 amide bonds. The van der Waals surface area contributed by atoms with E-state index >= 15 is 0 Å². The van der Waals surface area contributed by atoms with E-state index in [0.717, 1.165) is 21.4 Å². The monoisotopic (exact) mass is 415 g/mol. The van der Waals surface area contributed by atoms with Gasteiger partial charge in [0.25, 0.3) is 0 Å². The lowest BCUT2D eigenvalue weighted by molar-refractivity contribution is 0.108. The molecule has 2 fully saturated rings. The van der Waals surface area contributed by atoms with Crippen LogP contribution in [-0.2, 0) is 6.54 Å². The first-order valence-electron chi connectivity index (χ1n) is 7.64. The third-order valence-corrected chi connectivity index (χ3v) is 7.07. The third-order valence-electron chi connectivity index (χ3n) is 5.86. The van der Waals surface area contributed by atoms with E-state index < -0.39 is 0 Å². The van der Waals surface area contributed by atoms with Crippen molar-refractivity contribution in [1.29, 1.82) is 0 Å². The summed E-state index contributed by atoms with van der Waals surface area (Å²) in [6.45, 7) is 8.13. The van der Waals surface area contributed by atoms with Gasteiger partial charge in [-0.1, -0.05) is 20.8 Å². The van der Waals surface area contributed by atoms with Gasteiger partial charge in [0.1, 0.15) is 5.75 Å². The minimum Gasteiger partial charge on any atom is -0.506 e. The Bertz CT molecular complexity index is 544. The molecule has 2 N–H and O–H groups in total. The predicted octanol–water partition coefficient (Wildman–Crippen LogP) is 5.22. The van der Waals surface area contributed by atoms with Crippen LogP contribution in [0.25, 0.3) is 0 Å². The number of rotatable bonds is 3. The highest BCUT2D eigenvalue weighted by Gasteiger charge is 2.58. The Kier molecular flexibility index (Phi) is 3.95. The number of hydrogen-bond donors (Lipinski definition) is 2. The van der Waals surface area contributed by atoms with E-state index in [0.29, 0.717) is 16.9 Å². The van der Waals surface area contributed by atoms with Gasteiger partial charge in [0, 0.05) is 12.6 Å². The van der Waals surface area contributed by atoms with Crippen LogP contribution in [0.3, 0.4) is 0 Å². The number of benzene rings is 1. The van der Waals surface area contributed by atoms with Crippen LogP contribution >= 0.6 is 31.9 Å². The van der Waals surface area contributed by atoms with Gasteiger partial charge in [0.15, 0.2) is 0 Å². The molecule has 3 unspecified atom stereocenters. The maximum Gasteiger partial charge on any atom is 0.143 e. The fourth-order valence-electron chi connectivity index (χ4n) is 4.75. The lowest BCUT2D eigenvalue weighted by Gasteiger charge is -2.43. The minimum atomic E-state index is 0.269. The van der Waals surface area contributed by atoms with Crippen LogP contribution in [0.1, 0.15) is 45.6 Å². The van der Waals surface area contributed by atoms with Gasteiger partial charge in [0.05, 0.1) is 8.95 Å². The van der Waals surface area contributed by atoms with E-state index in [1.165, 1.54) is 24.8 Å². The zero-order valence-electron chi connectivity index (χ0n) is 12.8. The van der Waals surface area contributed by atoms with Gasteiger partial charge in [-0.05, 0) is 85.6 Å². The Morgan fingerprint density at radius 3 is 2.38 bits per heavy atom. The standard InChI is InChI=1S/C17H23Br2NO/c1-16(2)11-4-5-17(3,8-11)15(16)20-9-10-6-12(18)14(21)13(19)7-10/h6-7,11,15,20-21H,4-5,8-9H2,1-3H3. The van der Waals surface area contributed by atoms with Gasteiger partial charge in [-0.3, -0.25) is 0 Å². The van der Waals surface area contributed by atoms with Gasteiger partial charge < -0.3 is 10.4 Å². The van der Waals surface area contributed by atoms with E-state index in [1.807, 2.05) is 12.1 Å². The van der Waals surface area contributed by atoms with Crippen LogP contribution in [-0.4, -0.2) is 11.1 Å². The molecule has 0 saturated heterocycles. The van der Waals surface area contributed by atoms with Crippen molar-refractivity contribution in [3.05, 3.63) is 26.6 Å². The van der Waals surface area contributed by atoms with Crippen molar-refractivity contribution in [3.8, 4) is 5.75 Å². The predicted molar refractivity (Wildman–Crippen MR) is 93.4 cm³/mol. The quantitative estimate of drug-likeness (QED) is 0.707. The highest BCUT2D eigenvalue weighted by Crippen LogP contribution is 2.62. The third kappa shape index (κ3) is 2.57. The largest absolute Gasteiger partial charge is 0.506 e. The van der Waals surface area contributed by atoms with Crippen molar-refractivity contribution >= 4 is 31.9 Å². The molecule has 0 aromatic heterocycles. The molecule has 2 aliphatic carbocycles. The van der Waals surface area contributed by atoms with Crippen LogP contribution in [0.2, 0.25) is 0 Å². The number of fused-ring (bicyclic) bond motifs is 2. The fourth-order valence-corrected chi connectivity index (χ4v) is 6.03. The molecule has 21 heavy (non-hydrogen) atoms. The van der Waals surface area contributed by atoms with Gasteiger partial charge in [-0.15, -0.1) is 0 Å². The van der Waals surface area contributed by atoms with E-state index in [-0.39, 0.29) is 5.75 Å². The fraction of sp³-hybridized carbons (Fsp3) is 0.647. The maximum atomic E-state index is 9.81. The van der Waals surface area contributed by atoms with Gasteiger partial charge in [-0.25, -0.2) is 0 Å². The second-order valence-corrected chi connectivity index (χ2v) is 9.35. The summed E-state index contributed by atoms with van der Waals surface area (Å²) in [5, 5.41) is 13.6. The molecular weight excluding hydrogens is 394 g/mol. The zero-order valence-corrected chi connectivity index (χ0v) is 16.0. The summed E-state index contributed by atoms with van der Waals surface area (Å²) >= 11 is 6.82. The van der Waals surface area contributed by atoms with Crippen LogP contribution in [0, 0.1) is 16.7 Å². The van der Waals surface area contributed by atoms with Gasteiger partial charge in [-0.2, -0.15) is 0 Å². The average molecular weight is 417 g/mol. The summed E-state index contributed by atoms with van der Waals surface area (Å²) in [5.74, 6) is 1.13.